The summed E-state index contributed by atoms with van der Waals surface area (Å²) in [5, 5.41) is 8.96. The van der Waals surface area contributed by atoms with Crippen molar-refractivity contribution in [2.45, 2.75) is 51.9 Å². The van der Waals surface area contributed by atoms with Crippen LogP contribution in [-0.4, -0.2) is 11.7 Å². The Labute approximate surface area is 87.9 Å². The normalized spacial score (nSPS) is 43.3. The lowest BCUT2D eigenvalue weighted by molar-refractivity contribution is 0.0919. The number of aliphatic hydroxyl groups excluding tert-OH is 1. The number of rotatable bonds is 2. The fourth-order valence-electron chi connectivity index (χ4n) is 3.67. The number of hydrogen-bond acceptors (Lipinski definition) is 1. The number of hydrogen-bond donors (Lipinski definition) is 1. The molecule has 0 aromatic heterocycles. The van der Waals surface area contributed by atoms with Crippen LogP contribution in [0.25, 0.3) is 0 Å². The molecule has 2 saturated carbocycles. The van der Waals surface area contributed by atoms with E-state index in [9.17, 15) is 0 Å². The molecule has 0 aliphatic heterocycles. The standard InChI is InChI=1S/C13H24O/c1-10-2-4-13-9-11(6-7-14)3-5-12(13)8-10/h10-14H,2-9H2,1H3. The van der Waals surface area contributed by atoms with Crippen molar-refractivity contribution in [1.82, 2.24) is 0 Å². The zero-order chi connectivity index (χ0) is 9.97. The first kappa shape index (κ1) is 10.5. The summed E-state index contributed by atoms with van der Waals surface area (Å²) in [5.41, 5.74) is 0. The van der Waals surface area contributed by atoms with E-state index in [-0.39, 0.29) is 0 Å². The topological polar surface area (TPSA) is 20.2 Å². The molecule has 4 unspecified atom stereocenters. The second-order valence-electron chi connectivity index (χ2n) is 5.63. The van der Waals surface area contributed by atoms with E-state index in [2.05, 4.69) is 6.92 Å². The quantitative estimate of drug-likeness (QED) is 0.719. The summed E-state index contributed by atoms with van der Waals surface area (Å²) in [6.45, 7) is 2.81. The van der Waals surface area contributed by atoms with E-state index in [0.29, 0.717) is 6.61 Å². The highest BCUT2D eigenvalue weighted by atomic mass is 16.3. The van der Waals surface area contributed by atoms with E-state index in [4.69, 9.17) is 5.11 Å². The van der Waals surface area contributed by atoms with Gasteiger partial charge in [-0.25, -0.2) is 0 Å². The van der Waals surface area contributed by atoms with E-state index in [1.807, 2.05) is 0 Å². The van der Waals surface area contributed by atoms with Crippen LogP contribution in [0.4, 0.5) is 0 Å². The molecule has 2 fully saturated rings. The molecular formula is C13H24O. The third kappa shape index (κ3) is 2.31. The van der Waals surface area contributed by atoms with Gasteiger partial charge in [-0.15, -0.1) is 0 Å². The molecule has 0 aromatic carbocycles. The summed E-state index contributed by atoms with van der Waals surface area (Å²) in [4.78, 5) is 0. The van der Waals surface area contributed by atoms with Crippen LogP contribution in [-0.2, 0) is 0 Å². The summed E-state index contributed by atoms with van der Waals surface area (Å²) in [7, 11) is 0. The first-order valence-corrected chi connectivity index (χ1v) is 6.40. The molecule has 82 valence electrons. The van der Waals surface area contributed by atoms with Gasteiger partial charge in [0.05, 0.1) is 0 Å². The van der Waals surface area contributed by atoms with Crippen molar-refractivity contribution in [3.8, 4) is 0 Å². The highest BCUT2D eigenvalue weighted by molar-refractivity contribution is 4.84. The van der Waals surface area contributed by atoms with E-state index in [0.717, 1.165) is 30.1 Å². The van der Waals surface area contributed by atoms with Crippen molar-refractivity contribution in [2.24, 2.45) is 23.7 Å². The van der Waals surface area contributed by atoms with E-state index < -0.39 is 0 Å². The van der Waals surface area contributed by atoms with Crippen molar-refractivity contribution in [3.05, 3.63) is 0 Å². The maximum atomic E-state index is 8.96. The zero-order valence-electron chi connectivity index (χ0n) is 9.41. The van der Waals surface area contributed by atoms with Gasteiger partial charge < -0.3 is 5.11 Å². The maximum Gasteiger partial charge on any atom is 0.0433 e. The van der Waals surface area contributed by atoms with E-state index in [1.54, 1.807) is 0 Å². The Balaban J connectivity index is 1.85. The molecule has 0 heterocycles. The van der Waals surface area contributed by atoms with Crippen LogP contribution in [0.15, 0.2) is 0 Å². The predicted octanol–water partition coefficient (Wildman–Crippen LogP) is 3.22. The van der Waals surface area contributed by atoms with E-state index >= 15 is 0 Å². The highest BCUT2D eigenvalue weighted by Crippen LogP contribution is 2.45. The fraction of sp³-hybridized carbons (Fsp3) is 1.00. The van der Waals surface area contributed by atoms with Gasteiger partial charge in [0.1, 0.15) is 0 Å². The summed E-state index contributed by atoms with van der Waals surface area (Å²) in [6.07, 6.45) is 9.70. The molecule has 0 bridgehead atoms. The summed E-state index contributed by atoms with van der Waals surface area (Å²) >= 11 is 0. The van der Waals surface area contributed by atoms with Crippen LogP contribution < -0.4 is 0 Å². The van der Waals surface area contributed by atoms with Gasteiger partial charge in [-0.05, 0) is 55.8 Å². The first-order valence-electron chi connectivity index (χ1n) is 6.40. The Morgan fingerprint density at radius 1 is 1.00 bits per heavy atom. The fourth-order valence-corrected chi connectivity index (χ4v) is 3.67. The van der Waals surface area contributed by atoms with Gasteiger partial charge in [-0.3, -0.25) is 0 Å². The zero-order valence-corrected chi connectivity index (χ0v) is 9.41. The Hall–Kier alpha value is -0.0400. The average molecular weight is 196 g/mol. The van der Waals surface area contributed by atoms with Gasteiger partial charge in [-0.2, -0.15) is 0 Å². The smallest absolute Gasteiger partial charge is 0.0433 e. The summed E-state index contributed by atoms with van der Waals surface area (Å²) < 4.78 is 0. The van der Waals surface area contributed by atoms with Gasteiger partial charge in [-0.1, -0.05) is 19.8 Å². The Morgan fingerprint density at radius 2 is 1.71 bits per heavy atom. The van der Waals surface area contributed by atoms with Crippen molar-refractivity contribution in [1.29, 1.82) is 0 Å². The van der Waals surface area contributed by atoms with Gasteiger partial charge in [0.2, 0.25) is 0 Å². The molecule has 0 spiro atoms. The molecule has 0 amide bonds. The van der Waals surface area contributed by atoms with Gasteiger partial charge in [0, 0.05) is 6.61 Å². The SMILES string of the molecule is CC1CCC2CC(CCO)CCC2C1. The molecule has 0 saturated heterocycles. The van der Waals surface area contributed by atoms with Crippen LogP contribution in [0.5, 0.6) is 0 Å². The van der Waals surface area contributed by atoms with Gasteiger partial charge in [0.25, 0.3) is 0 Å². The Morgan fingerprint density at radius 3 is 2.50 bits per heavy atom. The monoisotopic (exact) mass is 196 g/mol. The minimum Gasteiger partial charge on any atom is -0.396 e. The minimum atomic E-state index is 0.401. The third-order valence-corrected chi connectivity index (χ3v) is 4.52. The summed E-state index contributed by atoms with van der Waals surface area (Å²) in [6, 6.07) is 0. The van der Waals surface area contributed by atoms with Crippen molar-refractivity contribution >= 4 is 0 Å². The van der Waals surface area contributed by atoms with Gasteiger partial charge in [0.15, 0.2) is 0 Å². The molecule has 1 N–H and O–H groups in total. The predicted molar refractivity (Wildman–Crippen MR) is 59.0 cm³/mol. The van der Waals surface area contributed by atoms with Crippen LogP contribution >= 0.6 is 0 Å². The molecule has 2 aliphatic rings. The minimum absolute atomic E-state index is 0.401. The number of aliphatic hydroxyl groups is 1. The molecule has 2 aliphatic carbocycles. The third-order valence-electron chi connectivity index (χ3n) is 4.52. The molecule has 1 nitrogen and oxygen atoms in total. The molecule has 1 heteroatoms. The van der Waals surface area contributed by atoms with E-state index in [1.165, 1.54) is 38.5 Å². The van der Waals surface area contributed by atoms with Gasteiger partial charge >= 0.3 is 0 Å². The largest absolute Gasteiger partial charge is 0.396 e. The molecule has 4 atom stereocenters. The highest BCUT2D eigenvalue weighted by Gasteiger charge is 2.33. The first-order chi connectivity index (χ1) is 6.79. The average Bonchev–Trinajstić information content (AvgIpc) is 2.19. The van der Waals surface area contributed by atoms with Crippen LogP contribution in [0.1, 0.15) is 51.9 Å². The molecular weight excluding hydrogens is 172 g/mol. The number of fused-ring (bicyclic) bond motifs is 1. The molecule has 0 radical (unpaired) electrons. The van der Waals surface area contributed by atoms with Crippen molar-refractivity contribution in [2.75, 3.05) is 6.61 Å². The lowest BCUT2D eigenvalue weighted by atomic mass is 9.65. The molecule has 14 heavy (non-hydrogen) atoms. The second-order valence-corrected chi connectivity index (χ2v) is 5.63. The van der Waals surface area contributed by atoms with Crippen molar-refractivity contribution in [3.63, 3.8) is 0 Å². The lowest BCUT2D eigenvalue weighted by Gasteiger charge is -2.41. The van der Waals surface area contributed by atoms with Crippen LogP contribution in [0.3, 0.4) is 0 Å². The lowest BCUT2D eigenvalue weighted by Crippen LogP contribution is -2.30. The van der Waals surface area contributed by atoms with Crippen LogP contribution in [0, 0.1) is 23.7 Å². The summed E-state index contributed by atoms with van der Waals surface area (Å²) in [5.74, 6) is 3.87. The second kappa shape index (κ2) is 4.65. The Bertz CT molecular complexity index is 178. The van der Waals surface area contributed by atoms with Crippen LogP contribution in [0.2, 0.25) is 0 Å². The maximum absolute atomic E-state index is 8.96. The Kier molecular flexibility index (Phi) is 3.48. The van der Waals surface area contributed by atoms with Crippen molar-refractivity contribution < 1.29 is 5.11 Å². The molecule has 0 aromatic rings. The molecule has 2 rings (SSSR count).